The standard InChI is InChI=1S/C70H117NO13/c1-3-5-7-9-11-13-15-17-19-20-21-22-23-24-25-26-27-28-29-30-31-32-33-34-35-36-37-38-40-42-44-46-48-50-52-54-62(75)71-58(59(74)53-51-49-47-45-43-41-39-18-16-14-12-10-8-6-4-2)57-81-69-67(80)65(78)68(61(56-73)83-69)84-70-66(79)64(77)63(76)60(55-72)82-70/h5,7,11,13,17,19,21-22,24-25,27-28,30-31,33-34,36-37,51,53,58-61,63-70,72-74,76-80H,3-4,6,8-10,12,14-16,18,20,23,26,29,32,35,38-50,52,54-57H2,1-2H3,(H,71,75)/b7-5-,13-11-,19-17-,22-21-,25-24-,28-27-,31-30-,34-33-,37-36-,53-51+. The predicted molar refractivity (Wildman–Crippen MR) is 341 cm³/mol. The minimum absolute atomic E-state index is 0.256. The largest absolute Gasteiger partial charge is 0.394 e. The number of carbonyl (C=O) groups is 1. The summed E-state index contributed by atoms with van der Waals surface area (Å²) in [4.78, 5) is 13.3. The van der Waals surface area contributed by atoms with Gasteiger partial charge in [0.25, 0.3) is 0 Å². The third-order valence-electron chi connectivity index (χ3n) is 15.2. The third kappa shape index (κ3) is 37.8. The maximum absolute atomic E-state index is 13.3. The molecule has 0 radical (unpaired) electrons. The fourth-order valence-electron chi connectivity index (χ4n) is 9.93. The highest BCUT2D eigenvalue weighted by Gasteiger charge is 2.51. The van der Waals surface area contributed by atoms with Crippen molar-refractivity contribution in [2.24, 2.45) is 0 Å². The number of unbranched alkanes of at least 4 members (excludes halogenated alkanes) is 20. The first-order valence-electron chi connectivity index (χ1n) is 32.8. The lowest BCUT2D eigenvalue weighted by Crippen LogP contribution is -2.65. The zero-order valence-corrected chi connectivity index (χ0v) is 51.8. The van der Waals surface area contributed by atoms with E-state index in [1.807, 2.05) is 6.08 Å². The average molecular weight is 1180 g/mol. The molecule has 84 heavy (non-hydrogen) atoms. The minimum atomic E-state index is -1.79. The van der Waals surface area contributed by atoms with Crippen LogP contribution in [0.3, 0.4) is 0 Å². The number of nitrogens with one attached hydrogen (secondary N) is 1. The normalized spacial score (nSPS) is 24.5. The topological polar surface area (TPSA) is 228 Å². The second-order valence-corrected chi connectivity index (χ2v) is 22.5. The Labute approximate surface area is 508 Å². The van der Waals surface area contributed by atoms with Crippen LogP contribution in [0.5, 0.6) is 0 Å². The summed E-state index contributed by atoms with van der Waals surface area (Å²) in [6, 6.07) is -0.929. The van der Waals surface area contributed by atoms with Crippen molar-refractivity contribution in [3.63, 3.8) is 0 Å². The van der Waals surface area contributed by atoms with E-state index in [0.29, 0.717) is 6.42 Å². The van der Waals surface area contributed by atoms with Crippen molar-refractivity contribution in [2.45, 2.75) is 293 Å². The highest BCUT2D eigenvalue weighted by Crippen LogP contribution is 2.30. The number of hydrogen-bond acceptors (Lipinski definition) is 13. The monoisotopic (exact) mass is 1180 g/mol. The Morgan fingerprint density at radius 2 is 0.821 bits per heavy atom. The van der Waals surface area contributed by atoms with Gasteiger partial charge >= 0.3 is 0 Å². The first-order valence-corrected chi connectivity index (χ1v) is 32.8. The molecule has 0 aromatic carbocycles. The van der Waals surface area contributed by atoms with Gasteiger partial charge in [0.05, 0.1) is 32.0 Å². The van der Waals surface area contributed by atoms with Gasteiger partial charge in [-0.15, -0.1) is 0 Å². The zero-order valence-electron chi connectivity index (χ0n) is 51.8. The second kappa shape index (κ2) is 53.6. The molecule has 480 valence electrons. The number of aliphatic hydroxyl groups excluding tert-OH is 8. The van der Waals surface area contributed by atoms with Crippen molar-refractivity contribution < 1.29 is 64.6 Å². The van der Waals surface area contributed by atoms with Crippen molar-refractivity contribution in [3.05, 3.63) is 122 Å². The van der Waals surface area contributed by atoms with Gasteiger partial charge in [0.2, 0.25) is 5.91 Å². The van der Waals surface area contributed by atoms with Crippen LogP contribution >= 0.6 is 0 Å². The van der Waals surface area contributed by atoms with E-state index in [4.69, 9.17) is 18.9 Å². The molecule has 0 aliphatic carbocycles. The molecule has 0 aromatic rings. The van der Waals surface area contributed by atoms with E-state index in [1.54, 1.807) is 6.08 Å². The summed E-state index contributed by atoms with van der Waals surface area (Å²) in [6.07, 6.45) is 60.9. The summed E-state index contributed by atoms with van der Waals surface area (Å²) in [5.41, 5.74) is 0. The number of aliphatic hydroxyl groups is 8. The predicted octanol–water partition coefficient (Wildman–Crippen LogP) is 12.6. The molecule has 2 rings (SSSR count). The van der Waals surface area contributed by atoms with Gasteiger partial charge in [-0.2, -0.15) is 0 Å². The highest BCUT2D eigenvalue weighted by atomic mass is 16.7. The molecule has 9 N–H and O–H groups in total. The lowest BCUT2D eigenvalue weighted by molar-refractivity contribution is -0.359. The van der Waals surface area contributed by atoms with Crippen LogP contribution in [0.4, 0.5) is 0 Å². The van der Waals surface area contributed by atoms with Crippen LogP contribution < -0.4 is 5.32 Å². The Balaban J connectivity index is 1.68. The zero-order chi connectivity index (χ0) is 60.9. The molecule has 2 fully saturated rings. The number of ether oxygens (including phenoxy) is 4. The average Bonchev–Trinajstić information content (AvgIpc) is 3.23. The Morgan fingerprint density at radius 3 is 1.26 bits per heavy atom. The molecule has 0 bridgehead atoms. The summed E-state index contributed by atoms with van der Waals surface area (Å²) >= 11 is 0. The molecule has 14 heteroatoms. The van der Waals surface area contributed by atoms with Crippen LogP contribution in [0.2, 0.25) is 0 Å². The Hall–Kier alpha value is -3.61. The first kappa shape index (κ1) is 76.5. The highest BCUT2D eigenvalue weighted by molar-refractivity contribution is 5.76. The van der Waals surface area contributed by atoms with Gasteiger partial charge < -0.3 is 65.1 Å². The van der Waals surface area contributed by atoms with Crippen LogP contribution in [0.15, 0.2) is 122 Å². The molecule has 2 saturated heterocycles. The van der Waals surface area contributed by atoms with Gasteiger partial charge in [-0.05, 0) is 89.9 Å². The molecule has 2 heterocycles. The number of allylic oxidation sites excluding steroid dienone is 19. The van der Waals surface area contributed by atoms with E-state index in [9.17, 15) is 45.6 Å². The van der Waals surface area contributed by atoms with Gasteiger partial charge in [-0.25, -0.2) is 0 Å². The Kier molecular flexibility index (Phi) is 48.8. The van der Waals surface area contributed by atoms with Gasteiger partial charge in [0.1, 0.15) is 48.8 Å². The first-order chi connectivity index (χ1) is 41.1. The molecule has 12 unspecified atom stereocenters. The van der Waals surface area contributed by atoms with Crippen LogP contribution in [-0.4, -0.2) is 140 Å². The molecule has 2 aliphatic rings. The number of hydrogen-bond donors (Lipinski definition) is 9. The van der Waals surface area contributed by atoms with Crippen molar-refractivity contribution in [2.75, 3.05) is 19.8 Å². The maximum atomic E-state index is 13.3. The maximum Gasteiger partial charge on any atom is 0.220 e. The number of carbonyl (C=O) groups excluding carboxylic acids is 1. The Morgan fingerprint density at radius 1 is 0.440 bits per heavy atom. The summed E-state index contributed by atoms with van der Waals surface area (Å²) in [7, 11) is 0. The summed E-state index contributed by atoms with van der Waals surface area (Å²) in [5, 5.41) is 87.2. The van der Waals surface area contributed by atoms with E-state index in [2.05, 4.69) is 129 Å². The van der Waals surface area contributed by atoms with Gasteiger partial charge in [0, 0.05) is 6.42 Å². The third-order valence-corrected chi connectivity index (χ3v) is 15.2. The minimum Gasteiger partial charge on any atom is -0.394 e. The summed E-state index contributed by atoms with van der Waals surface area (Å²) < 4.78 is 22.8. The molecule has 0 saturated carbocycles. The van der Waals surface area contributed by atoms with E-state index in [-0.39, 0.29) is 18.9 Å². The number of amides is 1. The van der Waals surface area contributed by atoms with Crippen LogP contribution in [0.1, 0.15) is 219 Å². The second-order valence-electron chi connectivity index (χ2n) is 22.5. The van der Waals surface area contributed by atoms with Gasteiger partial charge in [-0.3, -0.25) is 4.79 Å². The molecule has 0 aromatic heterocycles. The smallest absolute Gasteiger partial charge is 0.220 e. The lowest BCUT2D eigenvalue weighted by Gasteiger charge is -2.46. The molecular weight excluding hydrogens is 1060 g/mol. The molecule has 14 nitrogen and oxygen atoms in total. The van der Waals surface area contributed by atoms with Gasteiger partial charge in [0.15, 0.2) is 12.6 Å². The van der Waals surface area contributed by atoms with Crippen molar-refractivity contribution in [1.82, 2.24) is 5.32 Å². The fourth-order valence-corrected chi connectivity index (χ4v) is 9.93. The molecule has 12 atom stereocenters. The Bertz CT molecular complexity index is 1870. The van der Waals surface area contributed by atoms with Crippen LogP contribution in [-0.2, 0) is 23.7 Å². The molecule has 0 spiro atoms. The van der Waals surface area contributed by atoms with Crippen LogP contribution in [0.25, 0.3) is 0 Å². The van der Waals surface area contributed by atoms with Crippen molar-refractivity contribution >= 4 is 5.91 Å². The van der Waals surface area contributed by atoms with Gasteiger partial charge in [-0.1, -0.05) is 245 Å². The SMILES string of the molecule is CC/C=C\C/C=C\C/C=C\C/C=C\C/C=C\C/C=C\C/C=C\C/C=C\C/C=C\CCCCCCCCCC(=O)NC(COC1OC(CO)C(OC2OC(CO)C(O)C(O)C2O)C(O)C1O)C(O)/C=C/CCCCCCCCCCCCCCC. The fraction of sp³-hybridized carbons (Fsp3) is 0.700. The van der Waals surface area contributed by atoms with Crippen molar-refractivity contribution in [3.8, 4) is 0 Å². The molecular formula is C70H117NO13. The quantitative estimate of drug-likeness (QED) is 0.0204. The molecule has 1 amide bonds. The lowest BCUT2D eigenvalue weighted by atomic mass is 9.97. The summed E-state index contributed by atoms with van der Waals surface area (Å²) in [6.45, 7) is 2.66. The van der Waals surface area contributed by atoms with E-state index >= 15 is 0 Å². The van der Waals surface area contributed by atoms with E-state index in [1.165, 1.54) is 70.6 Å². The molecule has 2 aliphatic heterocycles. The number of rotatable bonds is 51. The van der Waals surface area contributed by atoms with Crippen LogP contribution in [0, 0.1) is 0 Å². The van der Waals surface area contributed by atoms with Crippen molar-refractivity contribution in [1.29, 1.82) is 0 Å². The van der Waals surface area contributed by atoms with E-state index in [0.717, 1.165) is 122 Å². The van der Waals surface area contributed by atoms with E-state index < -0.39 is 86.8 Å². The summed E-state index contributed by atoms with van der Waals surface area (Å²) in [5.74, 6) is -0.256.